The van der Waals surface area contributed by atoms with Crippen molar-refractivity contribution in [3.63, 3.8) is 0 Å². The van der Waals surface area contributed by atoms with E-state index in [4.69, 9.17) is 0 Å². The predicted molar refractivity (Wildman–Crippen MR) is 54.1 cm³/mol. The van der Waals surface area contributed by atoms with Crippen molar-refractivity contribution in [2.75, 3.05) is 0 Å². The van der Waals surface area contributed by atoms with Crippen molar-refractivity contribution < 1.29 is 17.9 Å². The normalized spacial score (nSPS) is 14.9. The lowest BCUT2D eigenvalue weighted by molar-refractivity contribution is -0.305. The van der Waals surface area contributed by atoms with Crippen LogP contribution in [0.3, 0.4) is 0 Å². The zero-order chi connectivity index (χ0) is 11.9. The first-order valence-electron chi connectivity index (χ1n) is 4.94. The minimum absolute atomic E-state index is 0.106. The van der Waals surface area contributed by atoms with E-state index in [9.17, 15) is 13.2 Å². The van der Waals surface area contributed by atoms with Crippen molar-refractivity contribution in [2.45, 2.75) is 39.5 Å². The molecule has 0 N–H and O–H groups in total. The molecular formula is C11H17F3O. The summed E-state index contributed by atoms with van der Waals surface area (Å²) in [6.07, 6.45) is 1.09. The summed E-state index contributed by atoms with van der Waals surface area (Å²) in [4.78, 5) is 0. The summed E-state index contributed by atoms with van der Waals surface area (Å²) in [5.74, 6) is 0.118. The fraction of sp³-hybridized carbons (Fsp3) is 0.636. The van der Waals surface area contributed by atoms with Gasteiger partial charge in [-0.05, 0) is 31.8 Å². The molecule has 0 saturated carbocycles. The van der Waals surface area contributed by atoms with Gasteiger partial charge >= 0.3 is 6.36 Å². The average Bonchev–Trinajstić information content (AvgIpc) is 2.09. The van der Waals surface area contributed by atoms with Gasteiger partial charge < -0.3 is 4.74 Å². The van der Waals surface area contributed by atoms with Gasteiger partial charge in [-0.15, -0.1) is 19.8 Å². The average molecular weight is 222 g/mol. The van der Waals surface area contributed by atoms with Gasteiger partial charge in [0.25, 0.3) is 0 Å². The van der Waals surface area contributed by atoms with E-state index in [0.29, 0.717) is 6.42 Å². The second kappa shape index (κ2) is 6.53. The van der Waals surface area contributed by atoms with Crippen LogP contribution in [0.2, 0.25) is 0 Å². The molecule has 1 nitrogen and oxygen atoms in total. The third-order valence-electron chi connectivity index (χ3n) is 1.98. The lowest BCUT2D eigenvalue weighted by Crippen LogP contribution is -2.11. The Morgan fingerprint density at radius 2 is 2.07 bits per heavy atom. The minimum Gasteiger partial charge on any atom is -0.411 e. The highest BCUT2D eigenvalue weighted by Gasteiger charge is 2.30. The molecular weight excluding hydrogens is 205 g/mol. The summed E-state index contributed by atoms with van der Waals surface area (Å²) in [6, 6.07) is 0. The highest BCUT2D eigenvalue weighted by molar-refractivity contribution is 4.93. The van der Waals surface area contributed by atoms with Crippen LogP contribution in [0.5, 0.6) is 0 Å². The topological polar surface area (TPSA) is 9.23 Å². The van der Waals surface area contributed by atoms with Crippen LogP contribution in [0.25, 0.3) is 0 Å². The van der Waals surface area contributed by atoms with Gasteiger partial charge in [0, 0.05) is 0 Å². The maximum Gasteiger partial charge on any atom is 0.572 e. The molecule has 0 aliphatic rings. The van der Waals surface area contributed by atoms with Crippen LogP contribution in [-0.4, -0.2) is 6.36 Å². The Bertz CT molecular complexity index is 218. The Hall–Kier alpha value is -0.930. The van der Waals surface area contributed by atoms with Gasteiger partial charge in [-0.1, -0.05) is 19.4 Å². The number of rotatable bonds is 6. The lowest BCUT2D eigenvalue weighted by atomic mass is 10.00. The Morgan fingerprint density at radius 3 is 2.47 bits per heavy atom. The summed E-state index contributed by atoms with van der Waals surface area (Å²) in [7, 11) is 0. The van der Waals surface area contributed by atoms with E-state index in [1.807, 2.05) is 6.92 Å². The van der Waals surface area contributed by atoms with Crippen molar-refractivity contribution in [3.05, 3.63) is 24.5 Å². The van der Waals surface area contributed by atoms with Gasteiger partial charge in [-0.25, -0.2) is 0 Å². The van der Waals surface area contributed by atoms with Gasteiger partial charge in [0.1, 0.15) is 0 Å². The summed E-state index contributed by atoms with van der Waals surface area (Å²) in [5, 5.41) is 0. The van der Waals surface area contributed by atoms with E-state index in [2.05, 4.69) is 11.3 Å². The van der Waals surface area contributed by atoms with Crippen LogP contribution in [0.4, 0.5) is 13.2 Å². The quantitative estimate of drug-likeness (QED) is 0.477. The molecule has 0 aliphatic heterocycles. The van der Waals surface area contributed by atoms with E-state index in [-0.39, 0.29) is 11.7 Å². The number of ether oxygens (including phenoxy) is 1. The maximum absolute atomic E-state index is 11.8. The maximum atomic E-state index is 11.8. The summed E-state index contributed by atoms with van der Waals surface area (Å²) < 4.78 is 39.1. The standard InChI is InChI=1S/C11H17F3O/c1-4-6-10(5-2)8-7-9(3)15-11(12,13)14/h5,7,10H,2,4,6,8H2,1,3H3/b9-7+. The molecule has 0 radical (unpaired) electrons. The van der Waals surface area contributed by atoms with Crippen LogP contribution in [0, 0.1) is 5.92 Å². The molecule has 0 bridgehead atoms. The summed E-state index contributed by atoms with van der Waals surface area (Å²) in [6.45, 7) is 6.97. The number of alkyl halides is 3. The van der Waals surface area contributed by atoms with Crippen molar-refractivity contribution in [2.24, 2.45) is 5.92 Å². The number of hydrogen-bond donors (Lipinski definition) is 0. The second-order valence-corrected chi connectivity index (χ2v) is 3.38. The monoisotopic (exact) mass is 222 g/mol. The minimum atomic E-state index is -4.59. The molecule has 1 atom stereocenters. The molecule has 0 aliphatic carbocycles. The first-order chi connectivity index (χ1) is 6.89. The largest absolute Gasteiger partial charge is 0.572 e. The van der Waals surface area contributed by atoms with Crippen LogP contribution in [0.1, 0.15) is 33.1 Å². The fourth-order valence-corrected chi connectivity index (χ4v) is 1.24. The second-order valence-electron chi connectivity index (χ2n) is 3.38. The van der Waals surface area contributed by atoms with Crippen LogP contribution in [-0.2, 0) is 4.74 Å². The first-order valence-corrected chi connectivity index (χ1v) is 4.94. The summed E-state index contributed by atoms with van der Waals surface area (Å²) >= 11 is 0. The Kier molecular flexibility index (Phi) is 6.13. The molecule has 0 aromatic heterocycles. The highest BCUT2D eigenvalue weighted by atomic mass is 19.4. The molecule has 0 amide bonds. The Balaban J connectivity index is 4.08. The zero-order valence-corrected chi connectivity index (χ0v) is 9.10. The molecule has 1 unspecified atom stereocenters. The van der Waals surface area contributed by atoms with Crippen molar-refractivity contribution in [1.29, 1.82) is 0 Å². The Labute approximate surface area is 88.6 Å². The van der Waals surface area contributed by atoms with Gasteiger partial charge in [-0.3, -0.25) is 0 Å². The van der Waals surface area contributed by atoms with Crippen LogP contribution < -0.4 is 0 Å². The number of halogens is 3. The third-order valence-corrected chi connectivity index (χ3v) is 1.98. The van der Waals surface area contributed by atoms with Crippen molar-refractivity contribution in [1.82, 2.24) is 0 Å². The number of hydrogen-bond acceptors (Lipinski definition) is 1. The molecule has 0 aromatic carbocycles. The molecule has 88 valence electrons. The molecule has 0 rings (SSSR count). The van der Waals surface area contributed by atoms with Gasteiger partial charge in [0.15, 0.2) is 0 Å². The molecule has 0 heterocycles. The number of allylic oxidation sites excluding steroid dienone is 3. The Morgan fingerprint density at radius 1 is 1.47 bits per heavy atom. The van der Waals surface area contributed by atoms with Gasteiger partial charge in [0.05, 0.1) is 5.76 Å². The highest BCUT2D eigenvalue weighted by Crippen LogP contribution is 2.22. The smallest absolute Gasteiger partial charge is 0.411 e. The van der Waals surface area contributed by atoms with Crippen molar-refractivity contribution >= 4 is 0 Å². The first kappa shape index (κ1) is 14.1. The molecule has 0 saturated heterocycles. The third kappa shape index (κ3) is 8.09. The van der Waals surface area contributed by atoms with E-state index < -0.39 is 6.36 Å². The van der Waals surface area contributed by atoms with E-state index in [0.717, 1.165) is 12.8 Å². The van der Waals surface area contributed by atoms with E-state index in [1.54, 1.807) is 6.08 Å². The van der Waals surface area contributed by atoms with Gasteiger partial charge in [0.2, 0.25) is 0 Å². The lowest BCUT2D eigenvalue weighted by Gasteiger charge is -2.11. The molecule has 0 aromatic rings. The zero-order valence-electron chi connectivity index (χ0n) is 9.10. The SMILES string of the molecule is C=CC(C/C=C(\C)OC(F)(F)F)CCC. The van der Waals surface area contributed by atoms with Crippen molar-refractivity contribution in [3.8, 4) is 0 Å². The van der Waals surface area contributed by atoms with Crippen LogP contribution in [0.15, 0.2) is 24.5 Å². The van der Waals surface area contributed by atoms with Crippen LogP contribution >= 0.6 is 0 Å². The molecule has 15 heavy (non-hydrogen) atoms. The van der Waals surface area contributed by atoms with Gasteiger partial charge in [-0.2, -0.15) is 0 Å². The van der Waals surface area contributed by atoms with E-state index >= 15 is 0 Å². The van der Waals surface area contributed by atoms with E-state index in [1.165, 1.54) is 13.0 Å². The summed E-state index contributed by atoms with van der Waals surface area (Å²) in [5.41, 5.74) is 0. The molecule has 0 spiro atoms. The predicted octanol–water partition coefficient (Wildman–Crippen LogP) is 4.42. The molecule has 4 heteroatoms. The molecule has 0 fully saturated rings. The fourth-order valence-electron chi connectivity index (χ4n) is 1.24.